The molecule has 5 nitrogen and oxygen atoms in total. The van der Waals surface area contributed by atoms with E-state index in [1.54, 1.807) is 36.4 Å². The van der Waals surface area contributed by atoms with Crippen molar-refractivity contribution in [2.45, 2.75) is 6.92 Å². The number of aryl methyl sites for hydroxylation is 1. The number of hydrogen-bond acceptors (Lipinski definition) is 4. The van der Waals surface area contributed by atoms with Gasteiger partial charge in [0, 0.05) is 16.8 Å². The van der Waals surface area contributed by atoms with Crippen LogP contribution in [0.5, 0.6) is 0 Å². The second-order valence-electron chi connectivity index (χ2n) is 4.60. The third-order valence-corrected chi connectivity index (χ3v) is 3.30. The van der Waals surface area contributed by atoms with E-state index >= 15 is 0 Å². The van der Waals surface area contributed by atoms with Gasteiger partial charge in [-0.1, -0.05) is 35.4 Å². The van der Waals surface area contributed by atoms with E-state index in [0.717, 1.165) is 11.8 Å². The third-order valence-electron chi connectivity index (χ3n) is 2.97. The zero-order chi connectivity index (χ0) is 16.1. The van der Waals surface area contributed by atoms with Crippen molar-refractivity contribution in [1.82, 2.24) is 0 Å². The van der Waals surface area contributed by atoms with Gasteiger partial charge in [0.25, 0.3) is 0 Å². The molecule has 0 bridgehead atoms. The largest absolute Gasteiger partial charge is 0.356 e. The molecule has 2 rings (SSSR count). The number of hydrogen-bond donors (Lipinski definition) is 1. The first-order chi connectivity index (χ1) is 10.5. The number of nitrogens with one attached hydrogen (secondary N) is 1. The van der Waals surface area contributed by atoms with Gasteiger partial charge in [0.15, 0.2) is 5.78 Å². The number of anilines is 1. The molecule has 2 aromatic carbocycles. The summed E-state index contributed by atoms with van der Waals surface area (Å²) in [5, 5.41) is 13.4. The summed E-state index contributed by atoms with van der Waals surface area (Å²) in [6, 6.07) is 12.0. The van der Waals surface area contributed by atoms with Crippen molar-refractivity contribution in [3.63, 3.8) is 0 Å². The molecule has 0 fully saturated rings. The van der Waals surface area contributed by atoms with E-state index in [-0.39, 0.29) is 5.78 Å². The first-order valence-corrected chi connectivity index (χ1v) is 6.83. The molecule has 0 saturated carbocycles. The van der Waals surface area contributed by atoms with Crippen molar-refractivity contribution in [3.05, 3.63) is 86.7 Å². The van der Waals surface area contributed by atoms with E-state index in [1.807, 2.05) is 13.0 Å². The van der Waals surface area contributed by atoms with Crippen LogP contribution in [0.4, 0.5) is 5.69 Å². The zero-order valence-corrected chi connectivity index (χ0v) is 12.5. The van der Waals surface area contributed by atoms with Crippen LogP contribution in [0.3, 0.4) is 0 Å². The van der Waals surface area contributed by atoms with Crippen LogP contribution in [0.15, 0.2) is 54.9 Å². The van der Waals surface area contributed by atoms with E-state index in [0.29, 0.717) is 21.8 Å². The van der Waals surface area contributed by atoms with Gasteiger partial charge in [-0.25, -0.2) is 0 Å². The summed E-state index contributed by atoms with van der Waals surface area (Å²) in [5.74, 6) is -0.244. The first-order valence-electron chi connectivity index (χ1n) is 6.45. The summed E-state index contributed by atoms with van der Waals surface area (Å²) in [7, 11) is 0. The number of halogens is 1. The number of nitrogens with zero attached hydrogens (tertiary/aromatic N) is 1. The molecule has 0 aliphatic rings. The minimum Gasteiger partial charge on any atom is -0.356 e. The van der Waals surface area contributed by atoms with Gasteiger partial charge in [-0.15, -0.1) is 0 Å². The lowest BCUT2D eigenvalue weighted by Gasteiger charge is -2.10. The number of carbonyl (C=O) groups excluding carboxylic acids is 1. The Bertz CT molecular complexity index is 757. The average Bonchev–Trinajstić information content (AvgIpc) is 2.48. The third kappa shape index (κ3) is 3.71. The van der Waals surface area contributed by atoms with E-state index in [1.165, 1.54) is 6.20 Å². The van der Waals surface area contributed by atoms with Crippen molar-refractivity contribution < 1.29 is 9.72 Å². The lowest BCUT2D eigenvalue weighted by atomic mass is 9.99. The molecule has 0 spiro atoms. The molecule has 0 aliphatic carbocycles. The second-order valence-corrected chi connectivity index (χ2v) is 5.01. The molecule has 0 amide bonds. The van der Waals surface area contributed by atoms with Gasteiger partial charge in [0.2, 0.25) is 6.20 Å². The summed E-state index contributed by atoms with van der Waals surface area (Å²) >= 11 is 6.06. The van der Waals surface area contributed by atoms with Crippen LogP contribution < -0.4 is 5.32 Å². The van der Waals surface area contributed by atoms with Crippen molar-refractivity contribution >= 4 is 23.1 Å². The fraction of sp³-hybridized carbons (Fsp3) is 0.0625. The molecule has 2 aromatic rings. The molecule has 1 N–H and O–H groups in total. The van der Waals surface area contributed by atoms with Crippen molar-refractivity contribution in [2.75, 3.05) is 5.32 Å². The maximum atomic E-state index is 12.7. The van der Waals surface area contributed by atoms with Crippen molar-refractivity contribution in [2.24, 2.45) is 0 Å². The smallest absolute Gasteiger partial charge is 0.250 e. The molecule has 112 valence electrons. The number of benzene rings is 2. The van der Waals surface area contributed by atoms with Gasteiger partial charge in [0.1, 0.15) is 0 Å². The Balaban J connectivity index is 2.41. The highest BCUT2D eigenvalue weighted by molar-refractivity contribution is 6.35. The molecule has 0 unspecified atom stereocenters. The van der Waals surface area contributed by atoms with Gasteiger partial charge >= 0.3 is 0 Å². The average molecular weight is 317 g/mol. The molecule has 22 heavy (non-hydrogen) atoms. The van der Waals surface area contributed by atoms with Crippen LogP contribution in [0, 0.1) is 17.0 Å². The van der Waals surface area contributed by atoms with Crippen LogP contribution >= 0.6 is 11.6 Å². The summed E-state index contributed by atoms with van der Waals surface area (Å²) < 4.78 is 0. The molecule has 0 heterocycles. The highest BCUT2D eigenvalue weighted by atomic mass is 35.5. The van der Waals surface area contributed by atoms with Crippen LogP contribution in [-0.2, 0) is 0 Å². The Kier molecular flexibility index (Phi) is 4.91. The normalized spacial score (nSPS) is 10.6. The monoisotopic (exact) mass is 316 g/mol. The lowest BCUT2D eigenvalue weighted by Crippen LogP contribution is -2.06. The Morgan fingerprint density at radius 3 is 2.64 bits per heavy atom. The quantitative estimate of drug-likeness (QED) is 0.513. The maximum Gasteiger partial charge on any atom is 0.250 e. The maximum absolute atomic E-state index is 12.7. The zero-order valence-electron chi connectivity index (χ0n) is 11.7. The van der Waals surface area contributed by atoms with Crippen LogP contribution in [0.2, 0.25) is 5.02 Å². The van der Waals surface area contributed by atoms with E-state index in [2.05, 4.69) is 5.32 Å². The number of rotatable bonds is 5. The molecular weight excluding hydrogens is 304 g/mol. The topological polar surface area (TPSA) is 72.2 Å². The summed E-state index contributed by atoms with van der Waals surface area (Å²) in [6.07, 6.45) is 1.94. The van der Waals surface area contributed by atoms with E-state index < -0.39 is 4.92 Å². The number of nitro groups is 1. The molecule has 0 aliphatic heterocycles. The van der Waals surface area contributed by atoms with Crippen molar-refractivity contribution in [1.29, 1.82) is 0 Å². The van der Waals surface area contributed by atoms with Gasteiger partial charge < -0.3 is 5.32 Å². The van der Waals surface area contributed by atoms with Crippen LogP contribution in [-0.4, -0.2) is 10.7 Å². The predicted octanol–water partition coefficient (Wildman–Crippen LogP) is 4.04. The number of ketones is 1. The standard InChI is InChI=1S/C16H13ClN2O3/c1-11-6-7-15(18-8-9-19(21)22)13(10-11)16(20)12-4-2-3-5-14(12)17/h2-10,18H,1H3/b9-8+. The van der Waals surface area contributed by atoms with Gasteiger partial charge in [-0.05, 0) is 31.2 Å². The second kappa shape index (κ2) is 6.87. The Morgan fingerprint density at radius 1 is 1.23 bits per heavy atom. The van der Waals surface area contributed by atoms with E-state index in [9.17, 15) is 14.9 Å². The SMILES string of the molecule is Cc1ccc(N/C=C/[N+](=O)[O-])c(C(=O)c2ccccc2Cl)c1. The van der Waals surface area contributed by atoms with Crippen molar-refractivity contribution in [3.8, 4) is 0 Å². The first kappa shape index (κ1) is 15.7. The van der Waals surface area contributed by atoms with Gasteiger partial charge in [-0.3, -0.25) is 14.9 Å². The minimum atomic E-state index is -0.587. The van der Waals surface area contributed by atoms with Crippen LogP contribution in [0.1, 0.15) is 21.5 Å². The van der Waals surface area contributed by atoms with Gasteiger partial charge in [0.05, 0.1) is 16.1 Å². The highest BCUT2D eigenvalue weighted by Gasteiger charge is 2.16. The summed E-state index contributed by atoms with van der Waals surface area (Å²) in [5.41, 5.74) is 2.17. The Morgan fingerprint density at radius 2 is 1.95 bits per heavy atom. The summed E-state index contributed by atoms with van der Waals surface area (Å²) in [4.78, 5) is 22.4. The lowest BCUT2D eigenvalue weighted by molar-refractivity contribution is -0.402. The Labute approximate surface area is 132 Å². The summed E-state index contributed by atoms with van der Waals surface area (Å²) in [6.45, 7) is 1.86. The molecule has 0 radical (unpaired) electrons. The highest BCUT2D eigenvalue weighted by Crippen LogP contribution is 2.24. The van der Waals surface area contributed by atoms with E-state index in [4.69, 9.17) is 11.6 Å². The van der Waals surface area contributed by atoms with Gasteiger partial charge in [-0.2, -0.15) is 0 Å². The Hall–Kier alpha value is -2.66. The minimum absolute atomic E-state index is 0.244. The van der Waals surface area contributed by atoms with Crippen LogP contribution in [0.25, 0.3) is 0 Å². The molecule has 0 atom stereocenters. The molecule has 0 saturated heterocycles. The fourth-order valence-corrected chi connectivity index (χ4v) is 2.17. The predicted molar refractivity (Wildman–Crippen MR) is 85.8 cm³/mol. The molecule has 0 aromatic heterocycles. The molecular formula is C16H13ClN2O3. The fourth-order valence-electron chi connectivity index (χ4n) is 1.95. The number of carbonyl (C=O) groups is 1. The molecule has 6 heteroatoms.